The van der Waals surface area contributed by atoms with Crippen molar-refractivity contribution in [3.05, 3.63) is 0 Å². The third-order valence-electron chi connectivity index (χ3n) is 3.28. The van der Waals surface area contributed by atoms with E-state index < -0.39 is 6.16 Å². The molecule has 1 unspecified atom stereocenters. The molecule has 0 bridgehead atoms. The van der Waals surface area contributed by atoms with Crippen LogP contribution in [0.4, 0.5) is 4.79 Å². The zero-order valence-electron chi connectivity index (χ0n) is 11.8. The molecule has 0 aromatic carbocycles. The average Bonchev–Trinajstić information content (AvgIpc) is 2.81. The van der Waals surface area contributed by atoms with E-state index in [1.807, 2.05) is 6.92 Å². The number of rotatable bonds is 8. The highest BCUT2D eigenvalue weighted by Gasteiger charge is 2.18. The van der Waals surface area contributed by atoms with E-state index in [-0.39, 0.29) is 6.10 Å². The van der Waals surface area contributed by atoms with Crippen LogP contribution in [-0.2, 0) is 9.57 Å². The summed E-state index contributed by atoms with van der Waals surface area (Å²) in [4.78, 5) is 16.6. The summed E-state index contributed by atoms with van der Waals surface area (Å²) in [5.74, 6) is 0. The molecule has 0 aromatic heterocycles. The van der Waals surface area contributed by atoms with Crippen LogP contribution in [0.25, 0.3) is 0 Å². The maximum atomic E-state index is 11.5. The summed E-state index contributed by atoms with van der Waals surface area (Å²) in [6.07, 6.45) is 8.72. The smallest absolute Gasteiger partial charge is 0.430 e. The Morgan fingerprint density at radius 2 is 1.83 bits per heavy atom. The summed E-state index contributed by atoms with van der Waals surface area (Å²) < 4.78 is 5.22. The van der Waals surface area contributed by atoms with E-state index in [9.17, 15) is 4.79 Å². The first-order valence-electron chi connectivity index (χ1n) is 7.36. The molecular weight excluding hydrogens is 230 g/mol. The van der Waals surface area contributed by atoms with Crippen molar-refractivity contribution in [3.63, 3.8) is 0 Å². The molecule has 1 saturated heterocycles. The lowest BCUT2D eigenvalue weighted by atomic mass is 10.1. The highest BCUT2D eigenvalue weighted by atomic mass is 16.8. The summed E-state index contributed by atoms with van der Waals surface area (Å²) in [5, 5.41) is 1.69. The van der Waals surface area contributed by atoms with Crippen molar-refractivity contribution in [3.8, 4) is 0 Å². The Morgan fingerprint density at radius 1 is 1.17 bits per heavy atom. The molecule has 0 saturated carbocycles. The molecule has 106 valence electrons. The van der Waals surface area contributed by atoms with E-state index in [1.165, 1.54) is 25.7 Å². The first-order valence-corrected chi connectivity index (χ1v) is 7.36. The van der Waals surface area contributed by atoms with Crippen LogP contribution < -0.4 is 0 Å². The van der Waals surface area contributed by atoms with Crippen LogP contribution in [0.15, 0.2) is 0 Å². The van der Waals surface area contributed by atoms with Crippen LogP contribution in [-0.4, -0.2) is 30.4 Å². The highest BCUT2D eigenvalue weighted by Crippen LogP contribution is 2.12. The van der Waals surface area contributed by atoms with Crippen molar-refractivity contribution in [2.24, 2.45) is 0 Å². The van der Waals surface area contributed by atoms with Gasteiger partial charge in [0.25, 0.3) is 0 Å². The minimum absolute atomic E-state index is 0.0401. The van der Waals surface area contributed by atoms with Gasteiger partial charge in [0.15, 0.2) is 0 Å². The van der Waals surface area contributed by atoms with Gasteiger partial charge in [-0.05, 0) is 32.6 Å². The molecule has 4 nitrogen and oxygen atoms in total. The molecule has 0 aliphatic carbocycles. The van der Waals surface area contributed by atoms with Crippen LogP contribution in [0.3, 0.4) is 0 Å². The molecule has 1 atom stereocenters. The molecule has 0 aromatic rings. The third kappa shape index (κ3) is 6.84. The van der Waals surface area contributed by atoms with Gasteiger partial charge in [-0.1, -0.05) is 32.6 Å². The summed E-state index contributed by atoms with van der Waals surface area (Å²) in [5.41, 5.74) is 0. The van der Waals surface area contributed by atoms with Crippen LogP contribution >= 0.6 is 0 Å². The maximum Gasteiger partial charge on any atom is 0.528 e. The molecule has 1 heterocycles. The first kappa shape index (κ1) is 15.3. The Kier molecular flexibility index (Phi) is 7.81. The lowest BCUT2D eigenvalue weighted by molar-refractivity contribution is -0.120. The van der Waals surface area contributed by atoms with Crippen molar-refractivity contribution >= 4 is 6.16 Å². The van der Waals surface area contributed by atoms with Crippen molar-refractivity contribution in [1.82, 2.24) is 5.06 Å². The van der Waals surface area contributed by atoms with Gasteiger partial charge in [0.2, 0.25) is 0 Å². The second-order valence-corrected chi connectivity index (χ2v) is 5.11. The Bertz CT molecular complexity index is 227. The third-order valence-corrected chi connectivity index (χ3v) is 3.28. The summed E-state index contributed by atoms with van der Waals surface area (Å²) in [6, 6.07) is 0. The monoisotopic (exact) mass is 257 g/mol. The van der Waals surface area contributed by atoms with Gasteiger partial charge in [-0.25, -0.2) is 4.79 Å². The van der Waals surface area contributed by atoms with Crippen LogP contribution in [0, 0.1) is 0 Å². The highest BCUT2D eigenvalue weighted by molar-refractivity contribution is 5.59. The molecule has 1 rings (SSSR count). The second kappa shape index (κ2) is 9.20. The van der Waals surface area contributed by atoms with E-state index in [0.717, 1.165) is 38.8 Å². The minimum atomic E-state index is -0.544. The molecule has 0 N–H and O–H groups in total. The fourth-order valence-corrected chi connectivity index (χ4v) is 2.16. The van der Waals surface area contributed by atoms with Crippen molar-refractivity contribution in [2.75, 3.05) is 13.1 Å². The van der Waals surface area contributed by atoms with Crippen molar-refractivity contribution < 1.29 is 14.4 Å². The lowest BCUT2D eigenvalue weighted by Crippen LogP contribution is -2.26. The molecule has 1 fully saturated rings. The Labute approximate surface area is 111 Å². The number of ether oxygens (including phenoxy) is 1. The summed E-state index contributed by atoms with van der Waals surface area (Å²) >= 11 is 0. The number of hydrogen-bond donors (Lipinski definition) is 0. The molecule has 1 aliphatic rings. The minimum Gasteiger partial charge on any atom is -0.430 e. The van der Waals surface area contributed by atoms with Crippen molar-refractivity contribution in [1.29, 1.82) is 0 Å². The van der Waals surface area contributed by atoms with Gasteiger partial charge in [-0.15, -0.1) is 5.06 Å². The zero-order chi connectivity index (χ0) is 13.2. The Hall–Kier alpha value is -0.770. The van der Waals surface area contributed by atoms with Gasteiger partial charge in [-0.2, -0.15) is 0 Å². The number of hydrogen-bond acceptors (Lipinski definition) is 4. The van der Waals surface area contributed by atoms with Gasteiger partial charge < -0.3 is 9.57 Å². The number of hydroxylamine groups is 2. The number of nitrogens with zero attached hydrogens (tertiary/aromatic N) is 1. The Morgan fingerprint density at radius 3 is 2.50 bits per heavy atom. The predicted molar refractivity (Wildman–Crippen MR) is 71.2 cm³/mol. The lowest BCUT2D eigenvalue weighted by Gasteiger charge is -2.17. The first-order chi connectivity index (χ1) is 8.72. The van der Waals surface area contributed by atoms with E-state index in [2.05, 4.69) is 6.92 Å². The van der Waals surface area contributed by atoms with Gasteiger partial charge >= 0.3 is 6.16 Å². The molecule has 1 aliphatic heterocycles. The normalized spacial score (nSPS) is 17.7. The van der Waals surface area contributed by atoms with E-state index >= 15 is 0 Å². The molecular formula is C14H27NO3. The average molecular weight is 257 g/mol. The van der Waals surface area contributed by atoms with Crippen molar-refractivity contribution in [2.45, 2.75) is 71.3 Å². The fourth-order valence-electron chi connectivity index (χ4n) is 2.16. The number of carbonyl (C=O) groups is 1. The maximum absolute atomic E-state index is 11.5. The molecule has 4 heteroatoms. The summed E-state index contributed by atoms with van der Waals surface area (Å²) in [7, 11) is 0. The molecule has 18 heavy (non-hydrogen) atoms. The molecule has 0 spiro atoms. The SMILES string of the molecule is CCCCCCCC(C)OC(=O)ON1CCCC1. The van der Waals surface area contributed by atoms with E-state index in [0.29, 0.717) is 0 Å². The molecule has 0 amide bonds. The van der Waals surface area contributed by atoms with Crippen LogP contribution in [0.5, 0.6) is 0 Å². The Balaban J connectivity index is 2.00. The molecule has 0 radical (unpaired) electrons. The van der Waals surface area contributed by atoms with E-state index in [4.69, 9.17) is 9.57 Å². The second-order valence-electron chi connectivity index (χ2n) is 5.11. The summed E-state index contributed by atoms with van der Waals surface area (Å²) in [6.45, 7) is 5.81. The topological polar surface area (TPSA) is 38.8 Å². The van der Waals surface area contributed by atoms with Crippen LogP contribution in [0.2, 0.25) is 0 Å². The van der Waals surface area contributed by atoms with E-state index in [1.54, 1.807) is 5.06 Å². The zero-order valence-corrected chi connectivity index (χ0v) is 11.8. The predicted octanol–water partition coefficient (Wildman–Crippen LogP) is 3.90. The largest absolute Gasteiger partial charge is 0.528 e. The van der Waals surface area contributed by atoms with Gasteiger partial charge in [-0.3, -0.25) is 0 Å². The number of carbonyl (C=O) groups excluding carboxylic acids is 1. The quantitative estimate of drug-likeness (QED) is 0.488. The number of unbranched alkanes of at least 4 members (excludes halogenated alkanes) is 4. The standard InChI is InChI=1S/C14H27NO3/c1-3-4-5-6-7-10-13(2)17-14(16)18-15-11-8-9-12-15/h13H,3-12H2,1-2H3. The van der Waals surface area contributed by atoms with Gasteiger partial charge in [0, 0.05) is 13.1 Å². The van der Waals surface area contributed by atoms with Gasteiger partial charge in [0.1, 0.15) is 6.10 Å². The van der Waals surface area contributed by atoms with Crippen LogP contribution in [0.1, 0.15) is 65.2 Å². The van der Waals surface area contributed by atoms with Gasteiger partial charge in [0.05, 0.1) is 0 Å². The fraction of sp³-hybridized carbons (Fsp3) is 0.929.